The van der Waals surface area contributed by atoms with Gasteiger partial charge < -0.3 is 5.11 Å². The van der Waals surface area contributed by atoms with Gasteiger partial charge in [-0.3, -0.25) is 0 Å². The summed E-state index contributed by atoms with van der Waals surface area (Å²) in [6.07, 6.45) is 0.680. The van der Waals surface area contributed by atoms with Crippen LogP contribution in [-0.2, 0) is 12.8 Å². The molecular weight excluding hydrogens is 326 g/mol. The van der Waals surface area contributed by atoms with Gasteiger partial charge in [-0.15, -0.1) is 0 Å². The number of benzene rings is 2. The van der Waals surface area contributed by atoms with Crippen LogP contribution in [0.1, 0.15) is 18.1 Å². The van der Waals surface area contributed by atoms with Gasteiger partial charge in [0.2, 0.25) is 0 Å². The minimum Gasteiger partial charge on any atom is -0.389 e. The minimum absolute atomic E-state index is 0.304. The van der Waals surface area contributed by atoms with Gasteiger partial charge >= 0.3 is 0 Å². The third-order valence-electron chi connectivity index (χ3n) is 3.08. The van der Waals surface area contributed by atoms with Crippen LogP contribution in [0.15, 0.2) is 46.9 Å². The van der Waals surface area contributed by atoms with Crippen molar-refractivity contribution in [3.63, 3.8) is 0 Å². The van der Waals surface area contributed by atoms with Crippen LogP contribution in [0.3, 0.4) is 0 Å². The number of rotatable bonds is 4. The Morgan fingerprint density at radius 3 is 2.25 bits per heavy atom. The lowest BCUT2D eigenvalue weighted by Gasteiger charge is -2.24. The van der Waals surface area contributed by atoms with Crippen LogP contribution in [0.25, 0.3) is 0 Å². The summed E-state index contributed by atoms with van der Waals surface area (Å²) in [5.74, 6) is -0.637. The van der Waals surface area contributed by atoms with Crippen LogP contribution in [-0.4, -0.2) is 10.7 Å². The summed E-state index contributed by atoms with van der Waals surface area (Å²) < 4.78 is 26.9. The molecule has 0 radical (unpaired) electrons. The lowest BCUT2D eigenvalue weighted by Crippen LogP contribution is -2.30. The maximum Gasteiger partial charge on any atom is 0.123 e. The van der Waals surface area contributed by atoms with Gasteiger partial charge in [0.1, 0.15) is 11.6 Å². The summed E-state index contributed by atoms with van der Waals surface area (Å²) in [6.45, 7) is 1.69. The quantitative estimate of drug-likeness (QED) is 0.881. The van der Waals surface area contributed by atoms with Crippen molar-refractivity contribution in [2.75, 3.05) is 0 Å². The molecule has 0 heterocycles. The first-order chi connectivity index (χ1) is 9.35. The Kier molecular flexibility index (Phi) is 4.55. The summed E-state index contributed by atoms with van der Waals surface area (Å²) in [7, 11) is 0. The van der Waals surface area contributed by atoms with Crippen molar-refractivity contribution >= 4 is 15.9 Å². The van der Waals surface area contributed by atoms with Gasteiger partial charge in [0.15, 0.2) is 0 Å². The normalized spacial score (nSPS) is 14.1. The Balaban J connectivity index is 2.14. The van der Waals surface area contributed by atoms with Gasteiger partial charge in [0.25, 0.3) is 0 Å². The average Bonchev–Trinajstić information content (AvgIpc) is 2.36. The summed E-state index contributed by atoms with van der Waals surface area (Å²) in [5.41, 5.74) is 0.509. The van der Waals surface area contributed by atoms with Crippen molar-refractivity contribution in [1.29, 1.82) is 0 Å². The zero-order valence-corrected chi connectivity index (χ0v) is 12.6. The van der Waals surface area contributed by atoms with Crippen molar-refractivity contribution in [2.45, 2.75) is 25.4 Å². The molecule has 0 aliphatic rings. The molecule has 0 aromatic heterocycles. The molecule has 0 spiro atoms. The fourth-order valence-electron chi connectivity index (χ4n) is 2.19. The van der Waals surface area contributed by atoms with Crippen molar-refractivity contribution < 1.29 is 13.9 Å². The molecule has 0 bridgehead atoms. The van der Waals surface area contributed by atoms with E-state index in [2.05, 4.69) is 15.9 Å². The Morgan fingerprint density at radius 1 is 1.00 bits per heavy atom. The van der Waals surface area contributed by atoms with Gasteiger partial charge in [-0.05, 0) is 48.4 Å². The summed E-state index contributed by atoms with van der Waals surface area (Å²) in [4.78, 5) is 0. The van der Waals surface area contributed by atoms with E-state index in [-0.39, 0.29) is 11.6 Å². The predicted molar refractivity (Wildman–Crippen MR) is 78.5 cm³/mol. The molecule has 0 aliphatic carbocycles. The topological polar surface area (TPSA) is 20.2 Å². The van der Waals surface area contributed by atoms with E-state index < -0.39 is 5.60 Å². The Bertz CT molecular complexity index is 594. The molecule has 1 N–H and O–H groups in total. The lowest BCUT2D eigenvalue weighted by atomic mass is 9.90. The predicted octanol–water partition coefficient (Wildman–Crippen LogP) is 4.26. The molecule has 2 aromatic carbocycles. The maximum atomic E-state index is 13.2. The molecule has 20 heavy (non-hydrogen) atoms. The number of hydrogen-bond acceptors (Lipinski definition) is 1. The maximum absolute atomic E-state index is 13.2. The Morgan fingerprint density at radius 2 is 1.60 bits per heavy atom. The van der Waals surface area contributed by atoms with Crippen molar-refractivity contribution in [2.24, 2.45) is 0 Å². The van der Waals surface area contributed by atoms with Crippen LogP contribution < -0.4 is 0 Å². The highest BCUT2D eigenvalue weighted by Crippen LogP contribution is 2.25. The van der Waals surface area contributed by atoms with Crippen molar-refractivity contribution in [3.8, 4) is 0 Å². The summed E-state index contributed by atoms with van der Waals surface area (Å²) in [6, 6.07) is 10.4. The number of halogens is 3. The number of aliphatic hydroxyl groups is 1. The third kappa shape index (κ3) is 4.12. The highest BCUT2D eigenvalue weighted by Gasteiger charge is 2.23. The molecule has 0 fully saturated rings. The standard InChI is InChI=1S/C16H15BrF2O/c1-16(20,9-11-2-4-13(18)5-3-11)10-12-8-14(19)6-7-15(12)17/h2-8,20H,9-10H2,1H3. The van der Waals surface area contributed by atoms with E-state index in [1.165, 1.54) is 24.3 Å². The molecular formula is C16H15BrF2O. The highest BCUT2D eigenvalue weighted by molar-refractivity contribution is 9.10. The second-order valence-electron chi connectivity index (χ2n) is 5.21. The largest absolute Gasteiger partial charge is 0.389 e. The van der Waals surface area contributed by atoms with Crippen molar-refractivity contribution in [3.05, 3.63) is 69.7 Å². The van der Waals surface area contributed by atoms with Crippen LogP contribution in [0.5, 0.6) is 0 Å². The van der Waals surface area contributed by atoms with E-state index in [9.17, 15) is 13.9 Å². The van der Waals surface area contributed by atoms with E-state index in [0.29, 0.717) is 18.4 Å². The molecule has 0 saturated heterocycles. The SMILES string of the molecule is CC(O)(Cc1ccc(F)cc1)Cc1cc(F)ccc1Br. The van der Waals surface area contributed by atoms with Gasteiger partial charge in [-0.2, -0.15) is 0 Å². The van der Waals surface area contributed by atoms with Crippen LogP contribution in [0.4, 0.5) is 8.78 Å². The second-order valence-corrected chi connectivity index (χ2v) is 6.07. The first-order valence-corrected chi connectivity index (χ1v) is 7.06. The zero-order chi connectivity index (χ0) is 14.8. The van der Waals surface area contributed by atoms with E-state index in [1.807, 2.05) is 0 Å². The average molecular weight is 341 g/mol. The summed E-state index contributed by atoms with van der Waals surface area (Å²) >= 11 is 3.35. The van der Waals surface area contributed by atoms with E-state index in [4.69, 9.17) is 0 Å². The third-order valence-corrected chi connectivity index (χ3v) is 3.85. The molecule has 1 atom stereocenters. The van der Waals surface area contributed by atoms with E-state index >= 15 is 0 Å². The zero-order valence-electron chi connectivity index (χ0n) is 11.0. The second kappa shape index (κ2) is 6.02. The van der Waals surface area contributed by atoms with Gasteiger partial charge in [-0.25, -0.2) is 8.78 Å². The van der Waals surface area contributed by atoms with Gasteiger partial charge in [-0.1, -0.05) is 28.1 Å². The van der Waals surface area contributed by atoms with E-state index in [1.54, 1.807) is 25.1 Å². The highest BCUT2D eigenvalue weighted by atomic mass is 79.9. The first-order valence-electron chi connectivity index (χ1n) is 6.26. The first kappa shape index (κ1) is 15.1. The molecule has 106 valence electrons. The molecule has 2 rings (SSSR count). The minimum atomic E-state index is -1.03. The van der Waals surface area contributed by atoms with Gasteiger partial charge in [0.05, 0.1) is 5.60 Å². The molecule has 0 amide bonds. The molecule has 1 unspecified atom stereocenters. The fraction of sp³-hybridized carbons (Fsp3) is 0.250. The fourth-order valence-corrected chi connectivity index (χ4v) is 2.58. The molecule has 0 aliphatic heterocycles. The molecule has 4 heteroatoms. The van der Waals surface area contributed by atoms with E-state index in [0.717, 1.165) is 10.0 Å². The summed E-state index contributed by atoms with van der Waals surface area (Å²) in [5, 5.41) is 10.5. The van der Waals surface area contributed by atoms with Crippen LogP contribution in [0, 0.1) is 11.6 Å². The lowest BCUT2D eigenvalue weighted by molar-refractivity contribution is 0.0606. The number of hydrogen-bond donors (Lipinski definition) is 1. The molecule has 1 nitrogen and oxygen atoms in total. The monoisotopic (exact) mass is 340 g/mol. The Labute approximate surface area is 125 Å². The van der Waals surface area contributed by atoms with Crippen LogP contribution in [0.2, 0.25) is 0 Å². The Hall–Kier alpha value is -1.26. The van der Waals surface area contributed by atoms with Crippen LogP contribution >= 0.6 is 15.9 Å². The molecule has 2 aromatic rings. The smallest absolute Gasteiger partial charge is 0.123 e. The molecule has 0 saturated carbocycles. The van der Waals surface area contributed by atoms with Crippen molar-refractivity contribution in [1.82, 2.24) is 0 Å². The van der Waals surface area contributed by atoms with Gasteiger partial charge in [0, 0.05) is 17.3 Å².